The van der Waals surface area contributed by atoms with E-state index in [0.717, 1.165) is 42.0 Å². The molecule has 1 aliphatic rings. The van der Waals surface area contributed by atoms with Gasteiger partial charge in [0.15, 0.2) is 0 Å². The molecule has 0 amide bonds. The van der Waals surface area contributed by atoms with E-state index < -0.39 is 0 Å². The van der Waals surface area contributed by atoms with Gasteiger partial charge in [-0.05, 0) is 29.8 Å². The maximum absolute atomic E-state index is 13.3. The molecule has 1 aliphatic heterocycles. The Kier molecular flexibility index (Phi) is 4.19. The minimum Gasteiger partial charge on any atom is -0.467 e. The highest BCUT2D eigenvalue weighted by atomic mass is 79.9. The van der Waals surface area contributed by atoms with Crippen molar-refractivity contribution in [3.63, 3.8) is 0 Å². The summed E-state index contributed by atoms with van der Waals surface area (Å²) in [6.07, 6.45) is 1.68. The van der Waals surface area contributed by atoms with Gasteiger partial charge in [-0.1, -0.05) is 22.0 Å². The lowest BCUT2D eigenvalue weighted by atomic mass is 10.0. The number of halogens is 2. The molecule has 1 aromatic carbocycles. The van der Waals surface area contributed by atoms with Crippen molar-refractivity contribution in [1.29, 1.82) is 0 Å². The smallest absolute Gasteiger partial charge is 0.125 e. The molecule has 3 rings (SSSR count). The molecule has 5 heteroatoms. The second-order valence-electron chi connectivity index (χ2n) is 4.87. The first kappa shape index (κ1) is 13.8. The Bertz CT molecular complexity index is 567. The number of hydrogen-bond donors (Lipinski definition) is 1. The van der Waals surface area contributed by atoms with Gasteiger partial charge in [0.1, 0.15) is 11.6 Å². The zero-order valence-electron chi connectivity index (χ0n) is 11.0. The molecular formula is C15H16BrFN2O. The predicted octanol–water partition coefficient (Wildman–Crippen LogP) is 3.18. The normalized spacial score (nSPS) is 18.1. The fraction of sp³-hybridized carbons (Fsp3) is 0.333. The molecule has 2 heterocycles. The van der Waals surface area contributed by atoms with Crippen LogP contribution in [0.4, 0.5) is 4.39 Å². The third-order valence-electron chi connectivity index (χ3n) is 3.59. The van der Waals surface area contributed by atoms with E-state index in [-0.39, 0.29) is 11.9 Å². The van der Waals surface area contributed by atoms with Crippen molar-refractivity contribution in [2.24, 2.45) is 0 Å². The molecule has 0 radical (unpaired) electrons. The monoisotopic (exact) mass is 338 g/mol. The van der Waals surface area contributed by atoms with E-state index in [1.54, 1.807) is 6.26 Å². The van der Waals surface area contributed by atoms with Crippen LogP contribution in [-0.4, -0.2) is 31.1 Å². The number of nitrogens with zero attached hydrogens (tertiary/aromatic N) is 1. The lowest BCUT2D eigenvalue weighted by Gasteiger charge is -2.34. The highest BCUT2D eigenvalue weighted by Crippen LogP contribution is 2.34. The molecule has 0 spiro atoms. The van der Waals surface area contributed by atoms with Crippen molar-refractivity contribution in [2.75, 3.05) is 26.2 Å². The lowest BCUT2D eigenvalue weighted by molar-refractivity contribution is 0.179. The van der Waals surface area contributed by atoms with Gasteiger partial charge in [0, 0.05) is 30.7 Å². The minimum absolute atomic E-state index is 0.0158. The summed E-state index contributed by atoms with van der Waals surface area (Å²) in [5.41, 5.74) is 1.03. The van der Waals surface area contributed by atoms with Gasteiger partial charge in [0.2, 0.25) is 0 Å². The average molecular weight is 339 g/mol. The quantitative estimate of drug-likeness (QED) is 0.931. The second kappa shape index (κ2) is 6.08. The van der Waals surface area contributed by atoms with Crippen LogP contribution in [-0.2, 0) is 0 Å². The van der Waals surface area contributed by atoms with Crippen LogP contribution in [0.25, 0.3) is 0 Å². The third-order valence-corrected chi connectivity index (χ3v) is 4.27. The van der Waals surface area contributed by atoms with Gasteiger partial charge in [0.05, 0.1) is 12.3 Å². The Morgan fingerprint density at radius 2 is 2.05 bits per heavy atom. The molecule has 1 atom stereocenters. The van der Waals surface area contributed by atoms with Crippen molar-refractivity contribution in [1.82, 2.24) is 10.2 Å². The van der Waals surface area contributed by atoms with E-state index in [0.29, 0.717) is 0 Å². The highest BCUT2D eigenvalue weighted by Gasteiger charge is 2.27. The minimum atomic E-state index is -0.237. The first-order valence-electron chi connectivity index (χ1n) is 6.69. The van der Waals surface area contributed by atoms with Crippen molar-refractivity contribution >= 4 is 15.9 Å². The molecule has 3 nitrogen and oxygen atoms in total. The third kappa shape index (κ3) is 2.80. The van der Waals surface area contributed by atoms with E-state index in [2.05, 4.69) is 26.1 Å². The van der Waals surface area contributed by atoms with Crippen LogP contribution < -0.4 is 5.32 Å². The summed E-state index contributed by atoms with van der Waals surface area (Å²) in [5.74, 6) is 0.651. The first-order chi connectivity index (χ1) is 9.75. The van der Waals surface area contributed by atoms with Crippen LogP contribution in [0.5, 0.6) is 0 Å². The van der Waals surface area contributed by atoms with Crippen LogP contribution in [0.2, 0.25) is 0 Å². The van der Waals surface area contributed by atoms with Crippen LogP contribution >= 0.6 is 15.9 Å². The molecular weight excluding hydrogens is 323 g/mol. The standard InChI is InChI=1S/C15H16BrFN2O/c16-13-10-11(17)3-4-12(13)15(14-2-1-9-20-14)19-7-5-18-6-8-19/h1-4,9-10,15,18H,5-8H2/t15-/m0/s1. The summed E-state index contributed by atoms with van der Waals surface area (Å²) in [6.45, 7) is 3.79. The Labute approximate surface area is 125 Å². The van der Waals surface area contributed by atoms with E-state index in [1.165, 1.54) is 12.1 Å². The van der Waals surface area contributed by atoms with E-state index in [1.807, 2.05) is 18.2 Å². The lowest BCUT2D eigenvalue weighted by Crippen LogP contribution is -2.45. The molecule has 1 aromatic heterocycles. The molecule has 106 valence electrons. The zero-order valence-corrected chi connectivity index (χ0v) is 12.6. The number of hydrogen-bond acceptors (Lipinski definition) is 3. The summed E-state index contributed by atoms with van der Waals surface area (Å²) >= 11 is 3.48. The van der Waals surface area contributed by atoms with Crippen molar-refractivity contribution < 1.29 is 8.81 Å². The highest BCUT2D eigenvalue weighted by molar-refractivity contribution is 9.10. The number of piperazine rings is 1. The number of nitrogens with one attached hydrogen (secondary N) is 1. The number of benzene rings is 1. The van der Waals surface area contributed by atoms with Gasteiger partial charge >= 0.3 is 0 Å². The van der Waals surface area contributed by atoms with Gasteiger partial charge < -0.3 is 9.73 Å². The fourth-order valence-electron chi connectivity index (χ4n) is 2.64. The Morgan fingerprint density at radius 1 is 1.25 bits per heavy atom. The van der Waals surface area contributed by atoms with Gasteiger partial charge in [-0.3, -0.25) is 4.90 Å². The summed E-state index contributed by atoms with van der Waals surface area (Å²) in [4.78, 5) is 2.35. The molecule has 20 heavy (non-hydrogen) atoms. The van der Waals surface area contributed by atoms with Crippen molar-refractivity contribution in [3.05, 3.63) is 58.2 Å². The van der Waals surface area contributed by atoms with Gasteiger partial charge in [0.25, 0.3) is 0 Å². The Balaban J connectivity index is 2.00. The van der Waals surface area contributed by atoms with E-state index in [9.17, 15) is 4.39 Å². The maximum Gasteiger partial charge on any atom is 0.125 e. The molecule has 0 bridgehead atoms. The fourth-order valence-corrected chi connectivity index (χ4v) is 3.21. The predicted molar refractivity (Wildman–Crippen MR) is 79.1 cm³/mol. The van der Waals surface area contributed by atoms with E-state index >= 15 is 0 Å². The number of furan rings is 1. The average Bonchev–Trinajstić information content (AvgIpc) is 2.97. The topological polar surface area (TPSA) is 28.4 Å². The molecule has 1 saturated heterocycles. The largest absolute Gasteiger partial charge is 0.467 e. The van der Waals surface area contributed by atoms with Crippen LogP contribution in [0.15, 0.2) is 45.5 Å². The second-order valence-corrected chi connectivity index (χ2v) is 5.72. The van der Waals surface area contributed by atoms with Crippen molar-refractivity contribution in [3.8, 4) is 0 Å². The molecule has 0 aliphatic carbocycles. The zero-order chi connectivity index (χ0) is 13.9. The van der Waals surface area contributed by atoms with Gasteiger partial charge in [-0.15, -0.1) is 0 Å². The molecule has 1 fully saturated rings. The van der Waals surface area contributed by atoms with Crippen LogP contribution in [0.3, 0.4) is 0 Å². The SMILES string of the molecule is Fc1ccc([C@@H](c2ccco2)N2CCNCC2)c(Br)c1. The summed E-state index contributed by atoms with van der Waals surface area (Å²) in [7, 11) is 0. The Morgan fingerprint density at radius 3 is 2.70 bits per heavy atom. The maximum atomic E-state index is 13.3. The van der Waals surface area contributed by atoms with Crippen LogP contribution in [0, 0.1) is 5.82 Å². The Hall–Kier alpha value is -1.17. The van der Waals surface area contributed by atoms with E-state index in [4.69, 9.17) is 4.42 Å². The van der Waals surface area contributed by atoms with Crippen molar-refractivity contribution in [2.45, 2.75) is 6.04 Å². The van der Waals surface area contributed by atoms with Gasteiger partial charge in [-0.2, -0.15) is 0 Å². The summed E-state index contributed by atoms with van der Waals surface area (Å²) in [6, 6.07) is 8.72. The molecule has 2 aromatic rings. The molecule has 1 N–H and O–H groups in total. The number of rotatable bonds is 3. The summed E-state index contributed by atoms with van der Waals surface area (Å²) < 4.78 is 19.7. The summed E-state index contributed by atoms with van der Waals surface area (Å²) in [5, 5.41) is 3.35. The van der Waals surface area contributed by atoms with Crippen LogP contribution in [0.1, 0.15) is 17.4 Å². The van der Waals surface area contributed by atoms with Gasteiger partial charge in [-0.25, -0.2) is 4.39 Å². The first-order valence-corrected chi connectivity index (χ1v) is 7.48. The molecule has 0 unspecified atom stereocenters. The molecule has 0 saturated carbocycles.